The van der Waals surface area contributed by atoms with Crippen LogP contribution < -0.4 is 0 Å². The lowest BCUT2D eigenvalue weighted by Crippen LogP contribution is -2.45. The van der Waals surface area contributed by atoms with Gasteiger partial charge in [0.1, 0.15) is 5.82 Å². The zero-order valence-corrected chi connectivity index (χ0v) is 11.1. The third-order valence-electron chi connectivity index (χ3n) is 3.79. The molecule has 19 heavy (non-hydrogen) atoms. The molecule has 0 amide bonds. The van der Waals surface area contributed by atoms with Crippen molar-refractivity contribution >= 4 is 0 Å². The van der Waals surface area contributed by atoms with Crippen LogP contribution in [-0.2, 0) is 6.54 Å². The molecule has 0 saturated carbocycles. The summed E-state index contributed by atoms with van der Waals surface area (Å²) in [5, 5.41) is 18.9. The van der Waals surface area contributed by atoms with Crippen molar-refractivity contribution < 1.29 is 9.50 Å². The molecule has 1 aromatic rings. The van der Waals surface area contributed by atoms with Gasteiger partial charge in [0.05, 0.1) is 17.7 Å². The van der Waals surface area contributed by atoms with Gasteiger partial charge in [0.2, 0.25) is 0 Å². The Morgan fingerprint density at radius 1 is 1.53 bits per heavy atom. The molecule has 2 atom stereocenters. The average Bonchev–Trinajstić information content (AvgIpc) is 2.41. The predicted octanol–water partition coefficient (Wildman–Crippen LogP) is 2.43. The number of nitrogens with zero attached hydrogens (tertiary/aromatic N) is 2. The number of halogens is 1. The van der Waals surface area contributed by atoms with E-state index in [0.29, 0.717) is 12.1 Å². The molecule has 1 fully saturated rings. The minimum atomic E-state index is -0.383. The van der Waals surface area contributed by atoms with Crippen molar-refractivity contribution in [3.63, 3.8) is 0 Å². The Morgan fingerprint density at radius 3 is 3.00 bits per heavy atom. The van der Waals surface area contributed by atoms with Gasteiger partial charge in [-0.15, -0.1) is 0 Å². The fraction of sp³-hybridized carbons (Fsp3) is 0.533. The van der Waals surface area contributed by atoms with Crippen LogP contribution in [0.1, 0.15) is 37.3 Å². The van der Waals surface area contributed by atoms with Gasteiger partial charge in [-0.25, -0.2) is 4.39 Å². The first kappa shape index (κ1) is 14.0. The van der Waals surface area contributed by atoms with Gasteiger partial charge in [-0.1, -0.05) is 12.5 Å². The Morgan fingerprint density at radius 2 is 2.32 bits per heavy atom. The second kappa shape index (κ2) is 6.14. The van der Waals surface area contributed by atoms with E-state index < -0.39 is 0 Å². The maximum absolute atomic E-state index is 13.1. The number of benzene rings is 1. The third-order valence-corrected chi connectivity index (χ3v) is 3.79. The van der Waals surface area contributed by atoms with Crippen molar-refractivity contribution in [2.75, 3.05) is 6.54 Å². The molecule has 4 heteroatoms. The molecule has 1 saturated heterocycles. The van der Waals surface area contributed by atoms with E-state index in [2.05, 4.69) is 4.90 Å². The molecule has 1 N–H and O–H groups in total. The summed E-state index contributed by atoms with van der Waals surface area (Å²) in [5.74, 6) is -0.383. The lowest BCUT2D eigenvalue weighted by molar-refractivity contribution is 0.0316. The fourth-order valence-electron chi connectivity index (χ4n) is 2.77. The number of aliphatic hydroxyl groups is 1. The minimum Gasteiger partial charge on any atom is -0.392 e. The number of rotatable bonds is 3. The van der Waals surface area contributed by atoms with Crippen molar-refractivity contribution in [1.82, 2.24) is 4.90 Å². The number of hydrogen-bond acceptors (Lipinski definition) is 3. The SMILES string of the molecule is C[C@H](O)[C@@H]1CCCCN1Cc1ccc(F)cc1C#N. The van der Waals surface area contributed by atoms with Crippen LogP contribution in [0.3, 0.4) is 0 Å². The van der Waals surface area contributed by atoms with E-state index in [9.17, 15) is 9.50 Å². The second-order valence-electron chi connectivity index (χ2n) is 5.19. The van der Waals surface area contributed by atoms with E-state index >= 15 is 0 Å². The lowest BCUT2D eigenvalue weighted by Gasteiger charge is -2.37. The zero-order valence-electron chi connectivity index (χ0n) is 11.1. The lowest BCUT2D eigenvalue weighted by atomic mass is 9.96. The highest BCUT2D eigenvalue weighted by Crippen LogP contribution is 2.23. The Kier molecular flexibility index (Phi) is 4.52. The van der Waals surface area contributed by atoms with Crippen molar-refractivity contribution in [1.29, 1.82) is 5.26 Å². The van der Waals surface area contributed by atoms with Crippen molar-refractivity contribution in [3.05, 3.63) is 35.1 Å². The summed E-state index contributed by atoms with van der Waals surface area (Å²) >= 11 is 0. The molecule has 2 rings (SSSR count). The van der Waals surface area contributed by atoms with Gasteiger partial charge in [-0.3, -0.25) is 4.90 Å². The average molecular weight is 262 g/mol. The van der Waals surface area contributed by atoms with Gasteiger partial charge in [0.15, 0.2) is 0 Å². The third kappa shape index (κ3) is 3.31. The molecule has 102 valence electrons. The highest BCUT2D eigenvalue weighted by molar-refractivity contribution is 5.37. The van der Waals surface area contributed by atoms with Gasteiger partial charge >= 0.3 is 0 Å². The van der Waals surface area contributed by atoms with E-state index in [4.69, 9.17) is 5.26 Å². The summed E-state index contributed by atoms with van der Waals surface area (Å²) in [6.07, 6.45) is 2.82. The molecule has 1 aliphatic heterocycles. The Bertz CT molecular complexity index is 482. The Labute approximate surface area is 113 Å². The van der Waals surface area contributed by atoms with Gasteiger partial charge in [0, 0.05) is 12.6 Å². The molecule has 0 radical (unpaired) electrons. The first-order valence-electron chi connectivity index (χ1n) is 6.72. The van der Waals surface area contributed by atoms with E-state index in [-0.39, 0.29) is 18.0 Å². The van der Waals surface area contributed by atoms with Crippen LogP contribution in [0.2, 0.25) is 0 Å². The van der Waals surface area contributed by atoms with Crippen LogP contribution in [-0.4, -0.2) is 28.7 Å². The molecular formula is C15H19FN2O. The quantitative estimate of drug-likeness (QED) is 0.910. The van der Waals surface area contributed by atoms with Crippen LogP contribution in [0.5, 0.6) is 0 Å². The summed E-state index contributed by atoms with van der Waals surface area (Å²) in [6, 6.07) is 6.50. The molecule has 0 unspecified atom stereocenters. The van der Waals surface area contributed by atoms with Crippen molar-refractivity contribution in [2.24, 2.45) is 0 Å². The predicted molar refractivity (Wildman–Crippen MR) is 70.8 cm³/mol. The molecule has 1 aromatic carbocycles. The topological polar surface area (TPSA) is 47.3 Å². The summed E-state index contributed by atoms with van der Waals surface area (Å²) < 4.78 is 13.1. The number of hydrogen-bond donors (Lipinski definition) is 1. The molecule has 0 spiro atoms. The van der Waals surface area contributed by atoms with Crippen molar-refractivity contribution in [2.45, 2.75) is 44.9 Å². The largest absolute Gasteiger partial charge is 0.392 e. The summed E-state index contributed by atoms with van der Waals surface area (Å²) in [4.78, 5) is 2.20. The summed E-state index contributed by atoms with van der Waals surface area (Å²) in [5.41, 5.74) is 1.21. The van der Waals surface area contributed by atoms with Gasteiger partial charge in [0.25, 0.3) is 0 Å². The zero-order chi connectivity index (χ0) is 13.8. The normalized spacial score (nSPS) is 21.9. The maximum atomic E-state index is 13.1. The number of likely N-dealkylation sites (tertiary alicyclic amines) is 1. The van der Waals surface area contributed by atoms with E-state index in [1.807, 2.05) is 6.07 Å². The molecular weight excluding hydrogens is 243 g/mol. The van der Waals surface area contributed by atoms with Crippen LogP contribution in [0.4, 0.5) is 4.39 Å². The van der Waals surface area contributed by atoms with E-state index in [1.54, 1.807) is 13.0 Å². The number of nitriles is 1. The number of aliphatic hydroxyl groups excluding tert-OH is 1. The van der Waals surface area contributed by atoms with Gasteiger partial charge in [-0.2, -0.15) is 5.26 Å². The van der Waals surface area contributed by atoms with Crippen LogP contribution in [0, 0.1) is 17.1 Å². The standard InChI is InChI=1S/C15H19FN2O/c1-11(19)15-4-2-3-7-18(15)10-12-5-6-14(16)8-13(12)9-17/h5-6,8,11,15,19H,2-4,7,10H2,1H3/t11-,15-/m0/s1. The van der Waals surface area contributed by atoms with Crippen LogP contribution >= 0.6 is 0 Å². The monoisotopic (exact) mass is 262 g/mol. The molecule has 0 aromatic heterocycles. The number of piperidine rings is 1. The molecule has 1 aliphatic rings. The molecule has 0 aliphatic carbocycles. The summed E-state index contributed by atoms with van der Waals surface area (Å²) in [7, 11) is 0. The van der Waals surface area contributed by atoms with Crippen molar-refractivity contribution in [3.8, 4) is 6.07 Å². The van der Waals surface area contributed by atoms with Gasteiger partial charge < -0.3 is 5.11 Å². The van der Waals surface area contributed by atoms with E-state index in [0.717, 1.165) is 31.4 Å². The Balaban J connectivity index is 2.17. The molecule has 3 nitrogen and oxygen atoms in total. The van der Waals surface area contributed by atoms with E-state index in [1.165, 1.54) is 12.1 Å². The fourth-order valence-corrected chi connectivity index (χ4v) is 2.77. The van der Waals surface area contributed by atoms with Crippen LogP contribution in [0.25, 0.3) is 0 Å². The molecule has 1 heterocycles. The second-order valence-corrected chi connectivity index (χ2v) is 5.19. The molecule has 0 bridgehead atoms. The summed E-state index contributed by atoms with van der Waals surface area (Å²) in [6.45, 7) is 3.31. The van der Waals surface area contributed by atoms with Gasteiger partial charge in [-0.05, 0) is 44.0 Å². The highest BCUT2D eigenvalue weighted by Gasteiger charge is 2.26. The maximum Gasteiger partial charge on any atom is 0.124 e. The first-order valence-corrected chi connectivity index (χ1v) is 6.72. The minimum absolute atomic E-state index is 0.130. The highest BCUT2D eigenvalue weighted by atomic mass is 19.1. The Hall–Kier alpha value is -1.44. The van der Waals surface area contributed by atoms with Crippen LogP contribution in [0.15, 0.2) is 18.2 Å². The smallest absolute Gasteiger partial charge is 0.124 e. The first-order chi connectivity index (χ1) is 9.11.